The number of nitrogens with zero attached hydrogens (tertiary/aromatic N) is 2. The van der Waals surface area contributed by atoms with Crippen LogP contribution in [0, 0.1) is 11.8 Å². The molecular formula is C28H29Cl2F5N6O3. The number of anilines is 2. The summed E-state index contributed by atoms with van der Waals surface area (Å²) in [6.45, 7) is -0.862. The summed E-state index contributed by atoms with van der Waals surface area (Å²) in [6, 6.07) is 4.06. The zero-order chi connectivity index (χ0) is 31.6. The third-order valence-corrected chi connectivity index (χ3v) is 8.36. The third kappa shape index (κ3) is 8.00. The number of rotatable bonds is 11. The van der Waals surface area contributed by atoms with Crippen molar-refractivity contribution in [2.45, 2.75) is 70.1 Å². The molecule has 2 saturated carbocycles. The molecule has 2 aliphatic rings. The number of carbonyl (C=O) groups excluding carboxylic acids is 2. The molecule has 2 heterocycles. The second kappa shape index (κ2) is 13.3. The van der Waals surface area contributed by atoms with E-state index in [-0.39, 0.29) is 76.5 Å². The molecule has 0 unspecified atom stereocenters. The highest BCUT2D eigenvalue weighted by molar-refractivity contribution is 6.39. The van der Waals surface area contributed by atoms with Gasteiger partial charge in [0.05, 0.1) is 27.2 Å². The summed E-state index contributed by atoms with van der Waals surface area (Å²) in [6.07, 6.45) is -4.62. The number of benzene rings is 1. The van der Waals surface area contributed by atoms with Gasteiger partial charge in [-0.25, -0.2) is 8.78 Å². The molecule has 1 aromatic carbocycles. The molecule has 2 fully saturated rings. The van der Waals surface area contributed by atoms with E-state index in [2.05, 4.69) is 30.9 Å². The largest absolute Gasteiger partial charge is 0.471 e. The number of pyridine rings is 1. The molecule has 0 spiro atoms. The van der Waals surface area contributed by atoms with Crippen LogP contribution in [0.1, 0.15) is 60.9 Å². The van der Waals surface area contributed by atoms with E-state index in [1.165, 1.54) is 6.07 Å². The lowest BCUT2D eigenvalue weighted by Crippen LogP contribution is -2.40. The SMILES string of the molecule is O=C(CC1CC1)NCc1ccc(Cl)c(Nc2nc3nc(OCC(F)F)c(C(=O)NC4CCC(C(F)(F)F)CC4)cc3[nH]2)c1Cl. The predicted octanol–water partition coefficient (Wildman–Crippen LogP) is 6.92. The van der Waals surface area contributed by atoms with Gasteiger partial charge in [-0.3, -0.25) is 9.59 Å². The van der Waals surface area contributed by atoms with Crippen LogP contribution >= 0.6 is 23.2 Å². The molecule has 0 radical (unpaired) electrons. The van der Waals surface area contributed by atoms with Crippen molar-refractivity contribution in [1.29, 1.82) is 0 Å². The molecule has 9 nitrogen and oxygen atoms in total. The maximum Gasteiger partial charge on any atom is 0.391 e. The molecule has 0 aliphatic heterocycles. The Kier molecular flexibility index (Phi) is 9.68. The predicted molar refractivity (Wildman–Crippen MR) is 154 cm³/mol. The van der Waals surface area contributed by atoms with Crippen LogP contribution in [-0.2, 0) is 11.3 Å². The molecule has 5 rings (SSSR count). The quantitative estimate of drug-likeness (QED) is 0.165. The maximum absolute atomic E-state index is 13.1. The lowest BCUT2D eigenvalue weighted by Gasteiger charge is -2.30. The van der Waals surface area contributed by atoms with E-state index in [1.807, 2.05) is 0 Å². The van der Waals surface area contributed by atoms with Crippen molar-refractivity contribution in [3.63, 3.8) is 0 Å². The van der Waals surface area contributed by atoms with Crippen LogP contribution in [0.3, 0.4) is 0 Å². The Labute approximate surface area is 258 Å². The van der Waals surface area contributed by atoms with E-state index in [9.17, 15) is 31.5 Å². The standard InChI is InChI=1S/C28H29Cl2F5N6O3/c29-18-8-3-14(11-36-21(42)9-13-1-2-13)22(30)23(18)39-27-38-19-10-17(26(40-24(19)41-27)44-12-20(31)32)25(43)37-16-6-4-15(5-7-16)28(33,34)35/h3,8,10,13,15-16,20H,1-2,4-7,9,11-12H2,(H,36,42)(H,37,43)(H2,38,39,40,41). The van der Waals surface area contributed by atoms with Crippen LogP contribution in [0.2, 0.25) is 10.0 Å². The molecule has 2 aliphatic carbocycles. The first-order chi connectivity index (χ1) is 20.9. The first kappa shape index (κ1) is 32.0. The number of H-pyrrole nitrogens is 1. The first-order valence-electron chi connectivity index (χ1n) is 14.1. The lowest BCUT2D eigenvalue weighted by molar-refractivity contribution is -0.182. The van der Waals surface area contributed by atoms with Gasteiger partial charge in [-0.2, -0.15) is 23.1 Å². The van der Waals surface area contributed by atoms with Gasteiger partial charge in [-0.15, -0.1) is 0 Å². The van der Waals surface area contributed by atoms with Gasteiger partial charge < -0.3 is 25.7 Å². The Morgan fingerprint density at radius 3 is 2.45 bits per heavy atom. The van der Waals surface area contributed by atoms with Crippen molar-refractivity contribution in [3.05, 3.63) is 39.4 Å². The van der Waals surface area contributed by atoms with Gasteiger partial charge in [-0.1, -0.05) is 29.3 Å². The van der Waals surface area contributed by atoms with Gasteiger partial charge >= 0.3 is 6.18 Å². The number of nitrogens with one attached hydrogen (secondary N) is 4. The highest BCUT2D eigenvalue weighted by Crippen LogP contribution is 2.38. The summed E-state index contributed by atoms with van der Waals surface area (Å²) in [7, 11) is 0. The number of hydrogen-bond donors (Lipinski definition) is 4. The van der Waals surface area contributed by atoms with Crippen LogP contribution in [-0.4, -0.2) is 52.0 Å². The number of imidazole rings is 1. The minimum atomic E-state index is -4.30. The Morgan fingerprint density at radius 1 is 1.07 bits per heavy atom. The summed E-state index contributed by atoms with van der Waals surface area (Å²) < 4.78 is 70.1. The fourth-order valence-electron chi connectivity index (χ4n) is 5.04. The number of amides is 2. The number of aromatic nitrogens is 3. The normalized spacial score (nSPS) is 18.8. The summed E-state index contributed by atoms with van der Waals surface area (Å²) >= 11 is 13.0. The molecule has 3 aromatic rings. The van der Waals surface area contributed by atoms with Gasteiger partial charge in [0.2, 0.25) is 17.7 Å². The van der Waals surface area contributed by atoms with Crippen LogP contribution in [0.25, 0.3) is 11.2 Å². The molecule has 238 valence electrons. The van der Waals surface area contributed by atoms with E-state index in [1.54, 1.807) is 12.1 Å². The Bertz CT molecular complexity index is 1520. The van der Waals surface area contributed by atoms with Crippen molar-refractivity contribution in [1.82, 2.24) is 25.6 Å². The molecule has 16 heteroatoms. The monoisotopic (exact) mass is 662 g/mol. The molecular weight excluding hydrogens is 634 g/mol. The van der Waals surface area contributed by atoms with Crippen molar-refractivity contribution in [2.75, 3.05) is 11.9 Å². The smallest absolute Gasteiger partial charge is 0.391 e. The zero-order valence-electron chi connectivity index (χ0n) is 23.2. The Morgan fingerprint density at radius 2 is 1.80 bits per heavy atom. The van der Waals surface area contributed by atoms with Crippen molar-refractivity contribution >= 4 is 57.8 Å². The zero-order valence-corrected chi connectivity index (χ0v) is 24.7. The average Bonchev–Trinajstić information content (AvgIpc) is 3.69. The van der Waals surface area contributed by atoms with Crippen LogP contribution in [0.4, 0.5) is 33.6 Å². The minimum absolute atomic E-state index is 0.0229. The lowest BCUT2D eigenvalue weighted by atomic mass is 9.85. The van der Waals surface area contributed by atoms with Gasteiger partial charge in [0.15, 0.2) is 12.3 Å². The molecule has 2 aromatic heterocycles. The van der Waals surface area contributed by atoms with E-state index in [4.69, 9.17) is 27.9 Å². The summed E-state index contributed by atoms with van der Waals surface area (Å²) in [5.74, 6) is -2.10. The Hall–Kier alpha value is -3.39. The Balaban J connectivity index is 1.33. The molecule has 44 heavy (non-hydrogen) atoms. The van der Waals surface area contributed by atoms with E-state index < -0.39 is 43.0 Å². The van der Waals surface area contributed by atoms with Gasteiger partial charge in [0, 0.05) is 19.0 Å². The minimum Gasteiger partial charge on any atom is -0.471 e. The number of ether oxygens (including phenoxy) is 1. The van der Waals surface area contributed by atoms with Crippen molar-refractivity contribution in [3.8, 4) is 5.88 Å². The third-order valence-electron chi connectivity index (χ3n) is 7.62. The maximum atomic E-state index is 13.1. The van der Waals surface area contributed by atoms with Gasteiger partial charge in [0.25, 0.3) is 12.3 Å². The van der Waals surface area contributed by atoms with Crippen molar-refractivity contribution < 1.29 is 36.3 Å². The number of fused-ring (bicyclic) bond motifs is 1. The second-order valence-electron chi connectivity index (χ2n) is 11.0. The van der Waals surface area contributed by atoms with Gasteiger partial charge in [0.1, 0.15) is 5.56 Å². The van der Waals surface area contributed by atoms with Gasteiger partial charge in [-0.05, 0) is 62.1 Å². The number of aromatic amines is 1. The number of alkyl halides is 5. The van der Waals surface area contributed by atoms with Crippen LogP contribution < -0.4 is 20.7 Å². The first-order valence-corrected chi connectivity index (χ1v) is 14.8. The average molecular weight is 663 g/mol. The summed E-state index contributed by atoms with van der Waals surface area (Å²) in [5, 5.41) is 8.96. The van der Waals surface area contributed by atoms with E-state index in [0.29, 0.717) is 17.9 Å². The summed E-state index contributed by atoms with van der Waals surface area (Å²) in [5.41, 5.74) is 0.949. The van der Waals surface area contributed by atoms with Crippen LogP contribution in [0.15, 0.2) is 18.2 Å². The molecule has 0 atom stereocenters. The van der Waals surface area contributed by atoms with Crippen LogP contribution in [0.5, 0.6) is 5.88 Å². The van der Waals surface area contributed by atoms with Crippen molar-refractivity contribution in [2.24, 2.45) is 11.8 Å². The molecule has 4 N–H and O–H groups in total. The summed E-state index contributed by atoms with van der Waals surface area (Å²) in [4.78, 5) is 36.6. The molecule has 0 saturated heterocycles. The van der Waals surface area contributed by atoms with E-state index in [0.717, 1.165) is 12.8 Å². The number of hydrogen-bond acceptors (Lipinski definition) is 6. The highest BCUT2D eigenvalue weighted by Gasteiger charge is 2.41. The molecule has 0 bridgehead atoms. The molecule has 2 amide bonds. The topological polar surface area (TPSA) is 121 Å². The highest BCUT2D eigenvalue weighted by atomic mass is 35.5. The second-order valence-corrected chi connectivity index (χ2v) is 11.8. The van der Waals surface area contributed by atoms with E-state index >= 15 is 0 Å². The number of carbonyl (C=O) groups is 2. The fraction of sp³-hybridized carbons (Fsp3) is 0.500. The fourth-order valence-corrected chi connectivity index (χ4v) is 5.58. The number of halogens is 7.